The number of nitrogens with zero attached hydrogens (tertiary/aromatic N) is 3. The lowest BCUT2D eigenvalue weighted by atomic mass is 10.2. The molecule has 1 aromatic carbocycles. The predicted octanol–water partition coefficient (Wildman–Crippen LogP) is 3.28. The smallest absolute Gasteiger partial charge is 0.291 e. The van der Waals surface area contributed by atoms with Gasteiger partial charge < -0.3 is 0 Å². The fourth-order valence-electron chi connectivity index (χ4n) is 1.73. The zero-order chi connectivity index (χ0) is 14.8. The van der Waals surface area contributed by atoms with E-state index >= 15 is 0 Å². The molecule has 0 bridgehead atoms. The molecule has 21 heavy (non-hydrogen) atoms. The van der Waals surface area contributed by atoms with Crippen LogP contribution in [0.3, 0.4) is 0 Å². The number of nitrogens with one attached hydrogen (secondary N) is 1. The lowest BCUT2D eigenvalue weighted by Gasteiger charge is -2.02. The van der Waals surface area contributed by atoms with Crippen LogP contribution in [0.2, 0.25) is 0 Å². The second kappa shape index (κ2) is 5.49. The second-order valence-corrected chi connectivity index (χ2v) is 5.10. The number of alkyl halides is 2. The van der Waals surface area contributed by atoms with Crippen molar-refractivity contribution in [3.63, 3.8) is 0 Å². The number of pyridine rings is 1. The van der Waals surface area contributed by atoms with Gasteiger partial charge in [-0.15, -0.1) is 10.2 Å². The van der Waals surface area contributed by atoms with Gasteiger partial charge in [-0.2, -0.15) is 0 Å². The number of rotatable bonds is 3. The minimum Gasteiger partial charge on any atom is -0.295 e. The second-order valence-electron chi connectivity index (χ2n) is 4.09. The average molecular weight is 306 g/mol. The molecule has 0 fully saturated rings. The highest BCUT2D eigenvalue weighted by molar-refractivity contribution is 7.15. The van der Waals surface area contributed by atoms with Crippen LogP contribution < -0.4 is 5.32 Å². The number of para-hydroxylation sites is 1. The monoisotopic (exact) mass is 306 g/mol. The van der Waals surface area contributed by atoms with Crippen molar-refractivity contribution in [2.24, 2.45) is 0 Å². The van der Waals surface area contributed by atoms with E-state index in [0.717, 1.165) is 5.39 Å². The van der Waals surface area contributed by atoms with E-state index in [1.54, 1.807) is 18.2 Å². The van der Waals surface area contributed by atoms with Gasteiger partial charge >= 0.3 is 0 Å². The van der Waals surface area contributed by atoms with Crippen molar-refractivity contribution in [1.29, 1.82) is 0 Å². The molecular formula is C13H8F2N4OS. The normalized spacial score (nSPS) is 11.0. The van der Waals surface area contributed by atoms with Crippen molar-refractivity contribution in [3.8, 4) is 0 Å². The molecule has 0 aliphatic carbocycles. The van der Waals surface area contributed by atoms with Gasteiger partial charge in [-0.25, -0.2) is 13.8 Å². The van der Waals surface area contributed by atoms with Crippen LogP contribution in [0.25, 0.3) is 10.9 Å². The molecule has 1 N–H and O–H groups in total. The fraction of sp³-hybridized carbons (Fsp3) is 0.0769. The molecule has 0 aliphatic rings. The van der Waals surface area contributed by atoms with Gasteiger partial charge in [-0.3, -0.25) is 10.1 Å². The highest BCUT2D eigenvalue weighted by Crippen LogP contribution is 2.25. The zero-order valence-corrected chi connectivity index (χ0v) is 11.3. The summed E-state index contributed by atoms with van der Waals surface area (Å²) in [5, 5.41) is 9.69. The van der Waals surface area contributed by atoms with Gasteiger partial charge in [0.15, 0.2) is 5.01 Å². The van der Waals surface area contributed by atoms with Gasteiger partial charge in [-0.1, -0.05) is 35.6 Å². The number of hydrogen-bond acceptors (Lipinski definition) is 5. The Kier molecular flexibility index (Phi) is 3.53. The number of carbonyl (C=O) groups excluding carboxylic acids is 1. The molecule has 1 amide bonds. The highest BCUT2D eigenvalue weighted by Gasteiger charge is 2.16. The van der Waals surface area contributed by atoms with Gasteiger partial charge in [0.2, 0.25) is 5.13 Å². The summed E-state index contributed by atoms with van der Waals surface area (Å²) in [5.74, 6) is -0.516. The third-order valence-electron chi connectivity index (χ3n) is 2.68. The first kappa shape index (κ1) is 13.5. The van der Waals surface area contributed by atoms with Crippen LogP contribution in [0.1, 0.15) is 21.9 Å². The maximum atomic E-state index is 12.4. The first-order valence-electron chi connectivity index (χ1n) is 5.92. The molecule has 0 saturated heterocycles. The van der Waals surface area contributed by atoms with E-state index in [1.165, 1.54) is 0 Å². The van der Waals surface area contributed by atoms with Crippen LogP contribution >= 0.6 is 11.3 Å². The van der Waals surface area contributed by atoms with E-state index in [0.29, 0.717) is 16.9 Å². The number of benzene rings is 1. The van der Waals surface area contributed by atoms with Crippen molar-refractivity contribution in [3.05, 3.63) is 47.1 Å². The summed E-state index contributed by atoms with van der Waals surface area (Å²) in [6.07, 6.45) is -2.70. The number of anilines is 1. The largest absolute Gasteiger partial charge is 0.295 e. The Morgan fingerprint density at radius 1 is 1.14 bits per heavy atom. The maximum Gasteiger partial charge on any atom is 0.291 e. The Labute approximate surface area is 121 Å². The first-order valence-corrected chi connectivity index (χ1v) is 6.74. The molecule has 0 unspecified atom stereocenters. The van der Waals surface area contributed by atoms with Crippen LogP contribution in [0.4, 0.5) is 13.9 Å². The molecule has 106 valence electrons. The topological polar surface area (TPSA) is 67.8 Å². The van der Waals surface area contributed by atoms with E-state index in [-0.39, 0.29) is 10.8 Å². The summed E-state index contributed by atoms with van der Waals surface area (Å²) in [6, 6.07) is 10.7. The fourth-order valence-corrected chi connectivity index (χ4v) is 2.32. The number of hydrogen-bond donors (Lipinski definition) is 1. The zero-order valence-electron chi connectivity index (χ0n) is 10.5. The standard InChI is InChI=1S/C13H8F2N4OS/c14-10(15)12-18-19-13(21-12)17-11(20)9-6-5-7-3-1-2-4-8(7)16-9/h1-6,10H,(H,17,19,20). The molecule has 0 saturated carbocycles. The van der Waals surface area contributed by atoms with Crippen LogP contribution in [0.15, 0.2) is 36.4 Å². The summed E-state index contributed by atoms with van der Waals surface area (Å²) in [5.41, 5.74) is 0.859. The molecule has 0 spiro atoms. The van der Waals surface area contributed by atoms with Gasteiger partial charge in [-0.05, 0) is 12.1 Å². The molecule has 3 aromatic rings. The molecule has 2 heterocycles. The molecule has 3 rings (SSSR count). The average Bonchev–Trinajstić information content (AvgIpc) is 2.95. The summed E-state index contributed by atoms with van der Waals surface area (Å²) < 4.78 is 24.8. The van der Waals surface area contributed by atoms with E-state index in [1.807, 2.05) is 18.2 Å². The van der Waals surface area contributed by atoms with Crippen LogP contribution in [0, 0.1) is 0 Å². The highest BCUT2D eigenvalue weighted by atomic mass is 32.1. The van der Waals surface area contributed by atoms with E-state index < -0.39 is 17.3 Å². The summed E-state index contributed by atoms with van der Waals surface area (Å²) >= 11 is 0.636. The predicted molar refractivity (Wildman–Crippen MR) is 74.6 cm³/mol. The molecule has 0 atom stereocenters. The van der Waals surface area contributed by atoms with Gasteiger partial charge in [0.1, 0.15) is 5.69 Å². The van der Waals surface area contributed by atoms with Crippen molar-refractivity contribution in [2.75, 3.05) is 5.32 Å². The number of aromatic nitrogens is 3. The van der Waals surface area contributed by atoms with E-state index in [4.69, 9.17) is 0 Å². The molecular weight excluding hydrogens is 298 g/mol. The number of fused-ring (bicyclic) bond motifs is 1. The number of carbonyl (C=O) groups is 1. The quantitative estimate of drug-likeness (QED) is 0.806. The number of amides is 1. The lowest BCUT2D eigenvalue weighted by molar-refractivity contribution is 0.102. The van der Waals surface area contributed by atoms with Crippen LogP contribution in [-0.2, 0) is 0 Å². The van der Waals surface area contributed by atoms with Crippen molar-refractivity contribution < 1.29 is 13.6 Å². The van der Waals surface area contributed by atoms with Gasteiger partial charge in [0.05, 0.1) is 5.52 Å². The maximum absolute atomic E-state index is 12.4. The van der Waals surface area contributed by atoms with E-state index in [9.17, 15) is 13.6 Å². The Bertz CT molecular complexity index is 805. The lowest BCUT2D eigenvalue weighted by Crippen LogP contribution is -2.13. The Hall–Kier alpha value is -2.48. The number of halogens is 2. The first-order chi connectivity index (χ1) is 10.1. The van der Waals surface area contributed by atoms with Gasteiger partial charge in [0, 0.05) is 5.39 Å². The minimum atomic E-state index is -2.70. The minimum absolute atomic E-state index is 0.0188. The molecule has 2 aromatic heterocycles. The van der Waals surface area contributed by atoms with Crippen molar-refractivity contribution in [1.82, 2.24) is 15.2 Å². The Morgan fingerprint density at radius 2 is 1.95 bits per heavy atom. The third kappa shape index (κ3) is 2.84. The molecule has 5 nitrogen and oxygen atoms in total. The summed E-state index contributed by atoms with van der Waals surface area (Å²) in [4.78, 5) is 16.2. The Balaban J connectivity index is 1.82. The van der Waals surface area contributed by atoms with Crippen LogP contribution in [0.5, 0.6) is 0 Å². The van der Waals surface area contributed by atoms with E-state index in [2.05, 4.69) is 20.5 Å². The summed E-state index contributed by atoms with van der Waals surface area (Å²) in [6.45, 7) is 0. The Morgan fingerprint density at radius 3 is 2.71 bits per heavy atom. The summed E-state index contributed by atoms with van der Waals surface area (Å²) in [7, 11) is 0. The van der Waals surface area contributed by atoms with Crippen molar-refractivity contribution >= 4 is 33.3 Å². The van der Waals surface area contributed by atoms with Gasteiger partial charge in [0.25, 0.3) is 12.3 Å². The molecule has 0 radical (unpaired) electrons. The van der Waals surface area contributed by atoms with Crippen LogP contribution in [-0.4, -0.2) is 21.1 Å². The van der Waals surface area contributed by atoms with Crippen molar-refractivity contribution in [2.45, 2.75) is 6.43 Å². The molecule has 0 aliphatic heterocycles. The SMILES string of the molecule is O=C(Nc1nnc(C(F)F)s1)c1ccc2ccccc2n1. The third-order valence-corrected chi connectivity index (χ3v) is 3.52. The molecule has 8 heteroatoms.